The molecule has 3 aromatic rings. The molecule has 0 atom stereocenters. The van der Waals surface area contributed by atoms with Crippen molar-refractivity contribution in [2.45, 2.75) is 18.4 Å². The molecule has 12 heteroatoms. The molecule has 1 aliphatic rings. The Bertz CT molecular complexity index is 1180. The van der Waals surface area contributed by atoms with Crippen LogP contribution in [0.1, 0.15) is 23.1 Å². The molecule has 0 aliphatic carbocycles. The summed E-state index contributed by atoms with van der Waals surface area (Å²) in [6.07, 6.45) is 0.126. The van der Waals surface area contributed by atoms with Crippen LogP contribution in [-0.2, 0) is 16.0 Å². The number of rotatable bonds is 8. The second kappa shape index (κ2) is 11.6. The minimum atomic E-state index is -0.337. The maximum atomic E-state index is 12.6. The molecule has 4 rings (SSSR count). The van der Waals surface area contributed by atoms with Gasteiger partial charge in [-0.25, -0.2) is 4.79 Å². The summed E-state index contributed by atoms with van der Waals surface area (Å²) in [5.41, 5.74) is 1.20. The van der Waals surface area contributed by atoms with Crippen molar-refractivity contribution in [1.29, 1.82) is 0 Å². The highest BCUT2D eigenvalue weighted by Gasteiger charge is 2.24. The second-order valence-electron chi connectivity index (χ2n) is 7.79. The number of ether oxygens (including phenoxy) is 1. The number of benzene rings is 1. The molecule has 1 N–H and O–H groups in total. The molecular weight excluding hydrogens is 470 g/mol. The minimum Gasteiger partial charge on any atom is -0.450 e. The average Bonchev–Trinajstić information content (AvgIpc) is 3.30. The molecule has 2 aromatic heterocycles. The summed E-state index contributed by atoms with van der Waals surface area (Å²) < 4.78 is 6.65. The molecule has 3 heterocycles. The number of nitrogens with zero attached hydrogens (tertiary/aromatic N) is 6. The first kappa shape index (κ1) is 24.5. The van der Waals surface area contributed by atoms with E-state index in [1.807, 2.05) is 24.3 Å². The van der Waals surface area contributed by atoms with Crippen LogP contribution < -0.4 is 5.32 Å². The Hall–Kier alpha value is -3.67. The summed E-state index contributed by atoms with van der Waals surface area (Å²) >= 11 is 1.34. The summed E-state index contributed by atoms with van der Waals surface area (Å²) in [6.45, 7) is 4.39. The van der Waals surface area contributed by atoms with E-state index in [0.717, 1.165) is 0 Å². The van der Waals surface area contributed by atoms with E-state index in [2.05, 4.69) is 20.6 Å². The predicted octanol–water partition coefficient (Wildman–Crippen LogP) is 1.49. The molecule has 1 saturated heterocycles. The van der Waals surface area contributed by atoms with E-state index in [-0.39, 0.29) is 23.7 Å². The smallest absolute Gasteiger partial charge is 0.409 e. The first-order valence-corrected chi connectivity index (χ1v) is 12.4. The Morgan fingerprint density at radius 1 is 1.00 bits per heavy atom. The number of amides is 3. The number of aromatic nitrogens is 4. The lowest BCUT2D eigenvalue weighted by molar-refractivity contribution is -0.129. The standard InChI is InChI=1S/C23H27N7O4S/c1-2-34-23(33)29-14-12-28(13-15-29)21(31)16-35-20-9-8-18-25-26-19(30(18)27-20)10-11-24-22(32)17-6-4-3-5-7-17/h3-9H,2,10-16H2,1H3,(H,24,32). The normalized spacial score (nSPS) is 13.6. The number of hydrogen-bond donors (Lipinski definition) is 1. The Balaban J connectivity index is 1.28. The Kier molecular flexibility index (Phi) is 8.14. The summed E-state index contributed by atoms with van der Waals surface area (Å²) in [7, 11) is 0. The Morgan fingerprint density at radius 2 is 1.74 bits per heavy atom. The van der Waals surface area contributed by atoms with Crippen LogP contribution in [0, 0.1) is 0 Å². The van der Waals surface area contributed by atoms with Crippen LogP contribution in [-0.4, -0.2) is 92.6 Å². The van der Waals surface area contributed by atoms with Gasteiger partial charge in [-0.05, 0) is 31.2 Å². The highest BCUT2D eigenvalue weighted by molar-refractivity contribution is 7.99. The van der Waals surface area contributed by atoms with E-state index in [0.29, 0.717) is 67.8 Å². The van der Waals surface area contributed by atoms with E-state index in [9.17, 15) is 14.4 Å². The van der Waals surface area contributed by atoms with Crippen LogP contribution in [0.3, 0.4) is 0 Å². The fourth-order valence-electron chi connectivity index (χ4n) is 3.61. The number of fused-ring (bicyclic) bond motifs is 1. The van der Waals surface area contributed by atoms with Crippen LogP contribution in [0.4, 0.5) is 4.79 Å². The third kappa shape index (κ3) is 6.27. The van der Waals surface area contributed by atoms with Gasteiger partial charge in [-0.15, -0.1) is 10.2 Å². The van der Waals surface area contributed by atoms with Gasteiger partial charge in [-0.3, -0.25) is 9.59 Å². The van der Waals surface area contributed by atoms with Crippen molar-refractivity contribution >= 4 is 35.3 Å². The number of hydrogen-bond acceptors (Lipinski definition) is 8. The zero-order chi connectivity index (χ0) is 24.6. The number of piperazine rings is 1. The largest absolute Gasteiger partial charge is 0.450 e. The van der Waals surface area contributed by atoms with Crippen molar-refractivity contribution in [1.82, 2.24) is 34.9 Å². The van der Waals surface area contributed by atoms with E-state index < -0.39 is 0 Å². The van der Waals surface area contributed by atoms with Gasteiger partial charge < -0.3 is 19.9 Å². The van der Waals surface area contributed by atoms with Crippen LogP contribution in [0.15, 0.2) is 47.5 Å². The van der Waals surface area contributed by atoms with Crippen LogP contribution >= 0.6 is 11.8 Å². The molecule has 0 saturated carbocycles. The quantitative estimate of drug-likeness (QED) is 0.465. The van der Waals surface area contributed by atoms with E-state index in [4.69, 9.17) is 4.74 Å². The molecule has 3 amide bonds. The summed E-state index contributed by atoms with van der Waals surface area (Å²) in [5.74, 6) is 0.707. The SMILES string of the molecule is CCOC(=O)N1CCN(C(=O)CSc2ccc3nnc(CCNC(=O)c4ccccc4)n3n2)CC1. The second-order valence-corrected chi connectivity index (χ2v) is 8.78. The minimum absolute atomic E-state index is 0.00647. The van der Waals surface area contributed by atoms with Crippen molar-refractivity contribution < 1.29 is 19.1 Å². The fraction of sp³-hybridized carbons (Fsp3) is 0.391. The van der Waals surface area contributed by atoms with Crippen LogP contribution in [0.5, 0.6) is 0 Å². The highest BCUT2D eigenvalue weighted by Crippen LogP contribution is 2.17. The number of carbonyl (C=O) groups is 3. The van der Waals surface area contributed by atoms with Gasteiger partial charge in [-0.2, -0.15) is 9.61 Å². The summed E-state index contributed by atoms with van der Waals surface area (Å²) in [4.78, 5) is 40.0. The van der Waals surface area contributed by atoms with E-state index >= 15 is 0 Å². The van der Waals surface area contributed by atoms with Crippen molar-refractivity contribution in [2.75, 3.05) is 45.1 Å². The predicted molar refractivity (Wildman–Crippen MR) is 129 cm³/mol. The molecular formula is C23H27N7O4S. The van der Waals surface area contributed by atoms with Crippen LogP contribution in [0.25, 0.3) is 5.65 Å². The molecule has 11 nitrogen and oxygen atoms in total. The van der Waals surface area contributed by atoms with Gasteiger partial charge in [-0.1, -0.05) is 30.0 Å². The average molecular weight is 498 g/mol. The molecule has 0 bridgehead atoms. The molecule has 0 spiro atoms. The van der Waals surface area contributed by atoms with E-state index in [1.165, 1.54) is 11.8 Å². The lowest BCUT2D eigenvalue weighted by atomic mass is 10.2. The Morgan fingerprint density at radius 3 is 2.49 bits per heavy atom. The monoisotopic (exact) mass is 497 g/mol. The van der Waals surface area contributed by atoms with Crippen molar-refractivity contribution in [3.63, 3.8) is 0 Å². The van der Waals surface area contributed by atoms with Gasteiger partial charge in [0.25, 0.3) is 5.91 Å². The summed E-state index contributed by atoms with van der Waals surface area (Å²) in [6, 6.07) is 12.6. The van der Waals surface area contributed by atoms with Gasteiger partial charge >= 0.3 is 6.09 Å². The van der Waals surface area contributed by atoms with Gasteiger partial charge in [0, 0.05) is 44.7 Å². The fourth-order valence-corrected chi connectivity index (χ4v) is 4.37. The molecule has 1 aromatic carbocycles. The first-order chi connectivity index (χ1) is 17.0. The van der Waals surface area contributed by atoms with Gasteiger partial charge in [0.1, 0.15) is 5.03 Å². The lowest BCUT2D eigenvalue weighted by Crippen LogP contribution is -2.51. The first-order valence-electron chi connectivity index (χ1n) is 11.4. The summed E-state index contributed by atoms with van der Waals surface area (Å²) in [5, 5.41) is 16.4. The zero-order valence-corrected chi connectivity index (χ0v) is 20.2. The molecule has 0 unspecified atom stereocenters. The van der Waals surface area contributed by atoms with Crippen molar-refractivity contribution in [3.05, 3.63) is 53.9 Å². The molecule has 184 valence electrons. The number of nitrogens with one attached hydrogen (secondary N) is 1. The molecule has 1 fully saturated rings. The number of carbonyl (C=O) groups excluding carboxylic acids is 3. The molecule has 0 radical (unpaired) electrons. The molecule has 35 heavy (non-hydrogen) atoms. The third-order valence-corrected chi connectivity index (χ3v) is 6.38. The number of thioether (sulfide) groups is 1. The van der Waals surface area contributed by atoms with Gasteiger partial charge in [0.05, 0.1) is 12.4 Å². The van der Waals surface area contributed by atoms with Crippen molar-refractivity contribution in [3.8, 4) is 0 Å². The molecule has 1 aliphatic heterocycles. The van der Waals surface area contributed by atoms with Crippen LogP contribution in [0.2, 0.25) is 0 Å². The van der Waals surface area contributed by atoms with E-state index in [1.54, 1.807) is 39.4 Å². The third-order valence-electron chi connectivity index (χ3n) is 5.47. The highest BCUT2D eigenvalue weighted by atomic mass is 32.2. The van der Waals surface area contributed by atoms with Gasteiger partial charge in [0.2, 0.25) is 5.91 Å². The maximum absolute atomic E-state index is 12.6. The maximum Gasteiger partial charge on any atom is 0.409 e. The van der Waals surface area contributed by atoms with Gasteiger partial charge in [0.15, 0.2) is 11.5 Å². The zero-order valence-electron chi connectivity index (χ0n) is 19.4. The Labute approximate surface area is 206 Å². The lowest BCUT2D eigenvalue weighted by Gasteiger charge is -2.34. The van der Waals surface area contributed by atoms with Crippen molar-refractivity contribution in [2.24, 2.45) is 0 Å². The topological polar surface area (TPSA) is 122 Å².